The third-order valence-electron chi connectivity index (χ3n) is 6.13. The van der Waals surface area contributed by atoms with Crippen LogP contribution in [0.2, 0.25) is 0 Å². The van der Waals surface area contributed by atoms with Gasteiger partial charge in [-0.2, -0.15) is 15.0 Å². The molecule has 180 valence electrons. The van der Waals surface area contributed by atoms with E-state index in [1.165, 1.54) is 0 Å². The van der Waals surface area contributed by atoms with Crippen LogP contribution >= 0.6 is 0 Å². The molecule has 1 aliphatic rings. The second kappa shape index (κ2) is 9.45. The molecule has 11 heteroatoms. The van der Waals surface area contributed by atoms with E-state index in [-0.39, 0.29) is 17.9 Å². The van der Waals surface area contributed by atoms with Crippen molar-refractivity contribution in [2.45, 2.75) is 18.9 Å². The van der Waals surface area contributed by atoms with Crippen LogP contribution in [0.15, 0.2) is 42.6 Å². The minimum Gasteiger partial charge on any atom is -0.497 e. The molecule has 0 unspecified atom stereocenters. The molecule has 5 rings (SSSR count). The topological polar surface area (TPSA) is 153 Å². The van der Waals surface area contributed by atoms with Crippen molar-refractivity contribution >= 4 is 40.3 Å². The fraction of sp³-hybridized carbons (Fsp3) is 0.292. The Kier molecular flexibility index (Phi) is 6.04. The second-order valence-corrected chi connectivity index (χ2v) is 8.38. The van der Waals surface area contributed by atoms with Gasteiger partial charge in [-0.3, -0.25) is 0 Å². The van der Waals surface area contributed by atoms with Crippen LogP contribution in [0.25, 0.3) is 22.0 Å². The van der Waals surface area contributed by atoms with Gasteiger partial charge >= 0.3 is 0 Å². The number of hydrogen-bond acceptors (Lipinski definition) is 11. The summed E-state index contributed by atoms with van der Waals surface area (Å²) < 4.78 is 5.49. The number of piperidine rings is 1. The van der Waals surface area contributed by atoms with Gasteiger partial charge in [-0.15, -0.1) is 0 Å². The first-order valence-corrected chi connectivity index (χ1v) is 11.4. The Hall–Kier alpha value is -4.41. The molecule has 35 heavy (non-hydrogen) atoms. The maximum absolute atomic E-state index is 5.75. The summed E-state index contributed by atoms with van der Waals surface area (Å²) in [4.78, 5) is 23.3. The van der Waals surface area contributed by atoms with Crippen LogP contribution in [-0.4, -0.2) is 58.2 Å². The molecule has 1 saturated heterocycles. The van der Waals surface area contributed by atoms with Crippen LogP contribution in [0.5, 0.6) is 5.75 Å². The summed E-state index contributed by atoms with van der Waals surface area (Å²) in [6.45, 7) is 1.55. The molecule has 0 atom stereocenters. The first-order chi connectivity index (χ1) is 17.0. The van der Waals surface area contributed by atoms with E-state index in [0.717, 1.165) is 59.4 Å². The molecule has 1 fully saturated rings. The highest BCUT2D eigenvalue weighted by atomic mass is 16.5. The Labute approximate surface area is 203 Å². The summed E-state index contributed by atoms with van der Waals surface area (Å²) >= 11 is 0. The number of anilines is 5. The van der Waals surface area contributed by atoms with E-state index in [1.54, 1.807) is 13.3 Å². The lowest BCUT2D eigenvalue weighted by molar-refractivity contribution is 0.415. The minimum atomic E-state index is 0.135. The smallest absolute Gasteiger partial charge is 0.231 e. The molecular formula is C24H28N10O. The number of benzene rings is 2. The molecule has 2 aromatic heterocycles. The average Bonchev–Trinajstić information content (AvgIpc) is 2.88. The quantitative estimate of drug-likeness (QED) is 0.327. The number of fused-ring (bicyclic) bond motifs is 1. The van der Waals surface area contributed by atoms with Crippen LogP contribution < -0.4 is 31.7 Å². The molecule has 0 saturated carbocycles. The summed E-state index contributed by atoms with van der Waals surface area (Å²) in [5.74, 6) is 2.19. The predicted octanol–water partition coefficient (Wildman–Crippen LogP) is 2.78. The fourth-order valence-corrected chi connectivity index (χ4v) is 4.35. The van der Waals surface area contributed by atoms with Gasteiger partial charge in [0.1, 0.15) is 5.75 Å². The fourth-order valence-electron chi connectivity index (χ4n) is 4.35. The van der Waals surface area contributed by atoms with Gasteiger partial charge in [0.05, 0.1) is 12.8 Å². The molecule has 0 bridgehead atoms. The molecule has 0 aliphatic carbocycles. The first kappa shape index (κ1) is 22.4. The predicted molar refractivity (Wildman–Crippen MR) is 139 cm³/mol. The summed E-state index contributed by atoms with van der Waals surface area (Å²) in [6.07, 6.45) is 3.56. The van der Waals surface area contributed by atoms with Crippen molar-refractivity contribution in [3.05, 3.63) is 42.6 Å². The first-order valence-electron chi connectivity index (χ1n) is 11.4. The van der Waals surface area contributed by atoms with E-state index in [9.17, 15) is 0 Å². The van der Waals surface area contributed by atoms with Crippen molar-refractivity contribution in [2.75, 3.05) is 54.2 Å². The maximum atomic E-state index is 5.75. The van der Waals surface area contributed by atoms with Gasteiger partial charge < -0.3 is 31.7 Å². The van der Waals surface area contributed by atoms with Crippen molar-refractivity contribution in [1.29, 1.82) is 0 Å². The Morgan fingerprint density at radius 3 is 2.46 bits per heavy atom. The van der Waals surface area contributed by atoms with Crippen LogP contribution in [0.3, 0.4) is 0 Å². The van der Waals surface area contributed by atoms with Gasteiger partial charge in [0.25, 0.3) is 0 Å². The molecule has 1 aliphatic heterocycles. The maximum Gasteiger partial charge on any atom is 0.231 e. The van der Waals surface area contributed by atoms with Crippen LogP contribution in [0.4, 0.5) is 29.5 Å². The van der Waals surface area contributed by atoms with E-state index >= 15 is 0 Å². The van der Waals surface area contributed by atoms with Crippen LogP contribution in [0.1, 0.15) is 12.8 Å². The SMILES string of the molecule is CNc1nccc(-c2cc(NC3CCN(c4nc(N)nc(N)n4)CC3)c3cc(OC)ccc3c2)n1. The molecule has 11 nitrogen and oxygen atoms in total. The van der Waals surface area contributed by atoms with Gasteiger partial charge in [0, 0.05) is 49.0 Å². The monoisotopic (exact) mass is 472 g/mol. The van der Waals surface area contributed by atoms with Crippen molar-refractivity contribution in [2.24, 2.45) is 0 Å². The third-order valence-corrected chi connectivity index (χ3v) is 6.13. The van der Waals surface area contributed by atoms with Crippen LogP contribution in [0, 0.1) is 0 Å². The number of methoxy groups -OCH3 is 1. The lowest BCUT2D eigenvalue weighted by atomic mass is 10.00. The van der Waals surface area contributed by atoms with Crippen LogP contribution in [-0.2, 0) is 0 Å². The number of hydrogen-bond donors (Lipinski definition) is 4. The Morgan fingerprint density at radius 1 is 0.971 bits per heavy atom. The van der Waals surface area contributed by atoms with E-state index in [0.29, 0.717) is 11.9 Å². The van der Waals surface area contributed by atoms with E-state index in [2.05, 4.69) is 64.7 Å². The summed E-state index contributed by atoms with van der Waals surface area (Å²) in [7, 11) is 3.49. The Bertz CT molecular complexity index is 1330. The highest BCUT2D eigenvalue weighted by Gasteiger charge is 2.22. The van der Waals surface area contributed by atoms with Gasteiger partial charge in [-0.25, -0.2) is 9.97 Å². The highest BCUT2D eigenvalue weighted by molar-refractivity contribution is 5.98. The molecule has 4 aromatic rings. The highest BCUT2D eigenvalue weighted by Crippen LogP contribution is 2.34. The van der Waals surface area contributed by atoms with E-state index < -0.39 is 0 Å². The lowest BCUT2D eigenvalue weighted by Gasteiger charge is -2.33. The number of ether oxygens (including phenoxy) is 1. The van der Waals surface area contributed by atoms with Gasteiger partial charge in [-0.1, -0.05) is 6.07 Å². The summed E-state index contributed by atoms with van der Waals surface area (Å²) in [5, 5.41) is 8.97. The molecule has 0 radical (unpaired) electrons. The molecule has 3 heterocycles. The van der Waals surface area contributed by atoms with Gasteiger partial charge in [-0.05, 0) is 48.6 Å². The molecule has 6 N–H and O–H groups in total. The Morgan fingerprint density at radius 2 is 1.74 bits per heavy atom. The number of aromatic nitrogens is 5. The van der Waals surface area contributed by atoms with Crippen molar-refractivity contribution < 1.29 is 4.74 Å². The molecular weight excluding hydrogens is 444 g/mol. The number of rotatable bonds is 6. The van der Waals surface area contributed by atoms with Gasteiger partial charge in [0.2, 0.25) is 23.8 Å². The zero-order valence-electron chi connectivity index (χ0n) is 19.7. The van der Waals surface area contributed by atoms with E-state index in [4.69, 9.17) is 16.2 Å². The van der Waals surface area contributed by atoms with Crippen molar-refractivity contribution in [1.82, 2.24) is 24.9 Å². The third kappa shape index (κ3) is 4.79. The zero-order chi connectivity index (χ0) is 24.4. The summed E-state index contributed by atoms with van der Waals surface area (Å²) in [5.41, 5.74) is 14.4. The van der Waals surface area contributed by atoms with Gasteiger partial charge in [0.15, 0.2) is 0 Å². The van der Waals surface area contributed by atoms with Crippen molar-refractivity contribution in [3.63, 3.8) is 0 Å². The number of nitrogens with two attached hydrogens (primary N) is 2. The average molecular weight is 473 g/mol. The number of nitrogens with zero attached hydrogens (tertiary/aromatic N) is 6. The Balaban J connectivity index is 1.42. The summed E-state index contributed by atoms with van der Waals surface area (Å²) in [6, 6.07) is 12.6. The van der Waals surface area contributed by atoms with Crippen molar-refractivity contribution in [3.8, 4) is 17.0 Å². The minimum absolute atomic E-state index is 0.135. The lowest BCUT2D eigenvalue weighted by Crippen LogP contribution is -2.40. The largest absolute Gasteiger partial charge is 0.497 e. The molecule has 0 spiro atoms. The number of nitrogen functional groups attached to an aromatic ring is 2. The molecule has 0 amide bonds. The second-order valence-electron chi connectivity index (χ2n) is 8.38. The normalized spacial score (nSPS) is 14.2. The number of nitrogens with one attached hydrogen (secondary N) is 2. The zero-order valence-corrected chi connectivity index (χ0v) is 19.7. The van der Waals surface area contributed by atoms with E-state index in [1.807, 2.05) is 19.2 Å². The standard InChI is InChI=1S/C24H28N10O/c1-27-23-28-8-5-19(30-23)15-11-14-3-4-17(35-2)13-18(14)20(12-15)29-16-6-9-34(10-7-16)24-32-21(25)31-22(26)33-24/h3-5,8,11-13,16,29H,6-7,9-10H2,1-2H3,(H,27,28,30)(H4,25,26,31,32,33). The molecule has 2 aromatic carbocycles.